The van der Waals surface area contributed by atoms with Crippen LogP contribution in [-0.4, -0.2) is 79.5 Å². The number of nitrogens with one attached hydrogen (secondary N) is 4. The SMILES string of the molecule is C=C(N)c1cc(Cl)cc(S(=O)(=O)Nc2cc(-c3ccccc3)ccc2C(=O)O)c1.CC(=O)c1ccc(-c2ccccc2)cc1NS(=O)(=O)c1ccccc1C.COc1ccccc1S(=O)(=O)Nc1cc(-c2ccccc2)ccc1C(C)=O.Cc1ccc(Oc2ncccc2S(=O)(=O)Nc2cc(-c3ccccc3)ccc2C(=O)O)cc1. The number of carbonyl (C=O) groups excluding carboxylic acids is 2. The lowest BCUT2D eigenvalue weighted by Gasteiger charge is -2.15. The summed E-state index contributed by atoms with van der Waals surface area (Å²) in [6.07, 6.45) is 1.42. The standard InChI is InChI=1S/C25H20N2O5S.C21H17ClN2O4S.C21H19NO4S.C21H19NO3S/c1-17-9-12-20(13-10-17)32-24-23(8-5-15-26-24)33(30,31)27-22-16-19(11-14-21(22)25(28)29)18-6-3-2-4-7-18;1-13(23)16-9-17(22)12-18(10-16)29(27,28)24-20-11-15(7-8-19(20)21(25)26)14-5-3-2-4-6-14;1-15(23)18-13-12-17(16-8-4-3-5-9-16)14-19(18)22-27(24,25)21-11-7-6-10-20(21)26-2;1-15-8-6-7-11-21(15)26(24,25)22-20-14-18(12-13-19(20)16(2)23)17-9-4-3-5-10-17/h2-16,27H,1H3,(H,28,29);2-12,24H,1,23H2,(H,25,26);3-14,22H,1-2H3;3-14,22H,1-2H3. The first-order valence-electron chi connectivity index (χ1n) is 34.8. The third-order valence-electron chi connectivity index (χ3n) is 17.3. The van der Waals surface area contributed by atoms with Gasteiger partial charge in [0.2, 0.25) is 5.88 Å². The van der Waals surface area contributed by atoms with E-state index >= 15 is 0 Å². The van der Waals surface area contributed by atoms with Crippen LogP contribution in [0.15, 0.2) is 330 Å². The van der Waals surface area contributed by atoms with Gasteiger partial charge < -0.3 is 25.4 Å². The van der Waals surface area contributed by atoms with Gasteiger partial charge in [-0.15, -0.1) is 0 Å². The van der Waals surface area contributed by atoms with Crippen molar-refractivity contribution in [1.29, 1.82) is 0 Å². The Hall–Kier alpha value is -13.5. The molecule has 0 saturated carbocycles. The number of ether oxygens (including phenoxy) is 2. The molecule has 13 aromatic rings. The van der Waals surface area contributed by atoms with Crippen LogP contribution in [0.4, 0.5) is 22.7 Å². The molecule has 13 rings (SSSR count). The van der Waals surface area contributed by atoms with E-state index in [4.69, 9.17) is 26.8 Å². The molecule has 0 aliphatic rings. The maximum Gasteiger partial charge on any atom is 0.337 e. The normalized spacial score (nSPS) is 11.1. The topological polar surface area (TPSA) is 351 Å². The molecule has 0 saturated heterocycles. The number of aromatic carboxylic acids is 2. The monoisotopic (exact) mass is 1630 g/mol. The first-order valence-corrected chi connectivity index (χ1v) is 41.1. The minimum Gasteiger partial charge on any atom is -0.495 e. The molecule has 584 valence electrons. The van der Waals surface area contributed by atoms with Crippen LogP contribution < -0.4 is 34.1 Å². The second-order valence-corrected chi connectivity index (χ2v) is 32.6. The zero-order valence-corrected chi connectivity index (χ0v) is 66.2. The number of halogens is 1. The van der Waals surface area contributed by atoms with Gasteiger partial charge in [0.1, 0.15) is 21.3 Å². The number of para-hydroxylation sites is 1. The highest BCUT2D eigenvalue weighted by Gasteiger charge is 2.27. The van der Waals surface area contributed by atoms with Crippen LogP contribution in [0.3, 0.4) is 0 Å². The number of ketones is 2. The molecule has 1 aromatic heterocycles. The maximum atomic E-state index is 13.3. The molecule has 0 radical (unpaired) electrons. The summed E-state index contributed by atoms with van der Waals surface area (Å²) < 4.78 is 125. The highest BCUT2D eigenvalue weighted by molar-refractivity contribution is 7.93. The number of sulfonamides is 4. The van der Waals surface area contributed by atoms with Crippen LogP contribution >= 0.6 is 11.6 Å². The lowest BCUT2D eigenvalue weighted by atomic mass is 10.0. The number of hydrogen-bond acceptors (Lipinski definition) is 16. The quantitative estimate of drug-likeness (QED) is 0.0276. The number of nitrogens with zero attached hydrogens (tertiary/aromatic N) is 1. The summed E-state index contributed by atoms with van der Waals surface area (Å²) in [6.45, 7) is 10.1. The Morgan fingerprint density at radius 1 is 0.400 bits per heavy atom. The van der Waals surface area contributed by atoms with Gasteiger partial charge in [-0.25, -0.2) is 48.2 Å². The van der Waals surface area contributed by atoms with Gasteiger partial charge in [0.15, 0.2) is 11.6 Å². The number of carboxylic acid groups (broad SMARTS) is 2. The van der Waals surface area contributed by atoms with Crippen LogP contribution in [0, 0.1) is 13.8 Å². The smallest absolute Gasteiger partial charge is 0.337 e. The molecule has 0 spiro atoms. The number of rotatable bonds is 24. The van der Waals surface area contributed by atoms with Crippen molar-refractivity contribution in [3.8, 4) is 61.9 Å². The van der Waals surface area contributed by atoms with Gasteiger partial charge in [-0.2, -0.15) is 0 Å². The van der Waals surface area contributed by atoms with Crippen molar-refractivity contribution in [1.82, 2.24) is 4.98 Å². The average Bonchev–Trinajstić information content (AvgIpc) is 0.805. The fraction of sp³-hybridized carbons (Fsp3) is 0.0568. The number of nitrogens with two attached hydrogens (primary N) is 1. The third-order valence-corrected chi connectivity index (χ3v) is 23.1. The van der Waals surface area contributed by atoms with E-state index in [1.807, 2.05) is 146 Å². The third kappa shape index (κ3) is 21.8. The largest absolute Gasteiger partial charge is 0.495 e. The number of Topliss-reactive ketones (excluding diaryl/α,β-unsaturated/α-hetero) is 2. The van der Waals surface area contributed by atoms with E-state index in [-0.39, 0.29) is 87.4 Å². The Morgan fingerprint density at radius 3 is 1.16 bits per heavy atom. The number of benzene rings is 12. The Labute approximate surface area is 671 Å². The highest BCUT2D eigenvalue weighted by atomic mass is 35.5. The molecular weight excluding hydrogens is 1560 g/mol. The molecule has 8 N–H and O–H groups in total. The molecule has 0 unspecified atom stereocenters. The zero-order valence-electron chi connectivity index (χ0n) is 62.2. The molecule has 27 heteroatoms. The predicted octanol–water partition coefficient (Wildman–Crippen LogP) is 18.8. The number of anilines is 4. The summed E-state index contributed by atoms with van der Waals surface area (Å²) in [5.41, 5.74) is 15.0. The summed E-state index contributed by atoms with van der Waals surface area (Å²) in [4.78, 5) is 51.2. The first-order chi connectivity index (χ1) is 54.8. The van der Waals surface area contributed by atoms with Gasteiger partial charge >= 0.3 is 11.9 Å². The summed E-state index contributed by atoms with van der Waals surface area (Å²) >= 11 is 6.01. The van der Waals surface area contributed by atoms with Gasteiger partial charge in [0.25, 0.3) is 40.1 Å². The first kappa shape index (κ1) is 84.0. The minimum absolute atomic E-state index is 0.00659. The van der Waals surface area contributed by atoms with Crippen LogP contribution in [0.2, 0.25) is 5.02 Å². The van der Waals surface area contributed by atoms with E-state index in [9.17, 15) is 63.1 Å². The summed E-state index contributed by atoms with van der Waals surface area (Å²) in [6, 6.07) is 83.8. The zero-order chi connectivity index (χ0) is 82.8. The van der Waals surface area contributed by atoms with E-state index in [2.05, 4.69) is 30.5 Å². The Balaban J connectivity index is 0.000000163. The van der Waals surface area contributed by atoms with Crippen LogP contribution in [-0.2, 0) is 40.1 Å². The number of pyridine rings is 1. The van der Waals surface area contributed by atoms with Crippen molar-refractivity contribution in [3.63, 3.8) is 0 Å². The van der Waals surface area contributed by atoms with E-state index in [1.165, 1.54) is 87.8 Å². The lowest BCUT2D eigenvalue weighted by molar-refractivity contribution is 0.0687. The molecule has 0 aliphatic heterocycles. The molecule has 0 aliphatic carbocycles. The van der Waals surface area contributed by atoms with E-state index in [0.29, 0.717) is 39.1 Å². The van der Waals surface area contributed by atoms with Gasteiger partial charge in [-0.1, -0.05) is 212 Å². The Morgan fingerprint density at radius 2 is 0.757 bits per heavy atom. The summed E-state index contributed by atoms with van der Waals surface area (Å²) in [7, 11) is -14.7. The van der Waals surface area contributed by atoms with Crippen LogP contribution in [0.5, 0.6) is 17.4 Å². The van der Waals surface area contributed by atoms with Gasteiger partial charge in [0.05, 0.1) is 50.8 Å². The van der Waals surface area contributed by atoms with E-state index in [1.54, 1.807) is 104 Å². The molecule has 0 bridgehead atoms. The summed E-state index contributed by atoms with van der Waals surface area (Å²) in [5.74, 6) is -2.41. The lowest BCUT2D eigenvalue weighted by Crippen LogP contribution is -2.17. The Bertz CT molecular complexity index is 6270. The van der Waals surface area contributed by atoms with Crippen molar-refractivity contribution in [2.75, 3.05) is 26.0 Å². The molecule has 0 fully saturated rings. The highest BCUT2D eigenvalue weighted by Crippen LogP contribution is 2.36. The molecule has 0 amide bonds. The number of aryl methyl sites for hydroxylation is 2. The summed E-state index contributed by atoms with van der Waals surface area (Å²) in [5, 5.41) is 19.2. The van der Waals surface area contributed by atoms with Crippen LogP contribution in [0.1, 0.15) is 72.0 Å². The van der Waals surface area contributed by atoms with Gasteiger partial charge in [0, 0.05) is 28.0 Å². The second kappa shape index (κ2) is 37.2. The molecular formula is C88H75ClN6O16S4. The Kier molecular flexibility index (Phi) is 27.2. The number of carbonyl (C=O) groups is 4. The number of carboxylic acids is 2. The van der Waals surface area contributed by atoms with Gasteiger partial charge in [-0.05, 0) is 193 Å². The van der Waals surface area contributed by atoms with Crippen molar-refractivity contribution in [3.05, 3.63) is 354 Å². The number of hydrogen-bond donors (Lipinski definition) is 7. The van der Waals surface area contributed by atoms with Crippen molar-refractivity contribution in [2.45, 2.75) is 47.3 Å². The van der Waals surface area contributed by atoms with Crippen molar-refractivity contribution in [2.24, 2.45) is 5.73 Å². The average molecular weight is 1640 g/mol. The fourth-order valence-corrected chi connectivity index (χ4v) is 16.7. The molecule has 22 nitrogen and oxygen atoms in total. The maximum absolute atomic E-state index is 13.3. The molecule has 0 atom stereocenters. The number of methoxy groups -OCH3 is 1. The van der Waals surface area contributed by atoms with Gasteiger partial charge in [-0.3, -0.25) is 28.5 Å². The fourth-order valence-electron chi connectivity index (χ4n) is 11.5. The van der Waals surface area contributed by atoms with Crippen LogP contribution in [0.25, 0.3) is 50.2 Å². The van der Waals surface area contributed by atoms with Crippen molar-refractivity contribution < 1.29 is 72.5 Å². The minimum atomic E-state index is -4.23. The predicted molar refractivity (Wildman–Crippen MR) is 449 cm³/mol. The molecule has 12 aromatic carbocycles. The number of aromatic nitrogens is 1. The molecule has 1 heterocycles. The second-order valence-electron chi connectivity index (χ2n) is 25.5. The van der Waals surface area contributed by atoms with E-state index in [0.717, 1.165) is 38.9 Å². The van der Waals surface area contributed by atoms with E-state index < -0.39 is 52.0 Å². The molecule has 115 heavy (non-hydrogen) atoms. The van der Waals surface area contributed by atoms with Crippen molar-refractivity contribution >= 4 is 104 Å².